The Morgan fingerprint density at radius 3 is 2.41 bits per heavy atom. The average Bonchev–Trinajstić information content (AvgIpc) is 2.27. The molecule has 1 aliphatic rings. The summed E-state index contributed by atoms with van der Waals surface area (Å²) in [6.45, 7) is 12.7. The van der Waals surface area contributed by atoms with Gasteiger partial charge in [0.05, 0.1) is 0 Å². The first kappa shape index (κ1) is 15.0. The maximum Gasteiger partial charge on any atom is 0.00981 e. The molecule has 0 aromatic rings. The molecule has 0 aliphatic heterocycles. The lowest BCUT2D eigenvalue weighted by atomic mass is 9.78. The first-order valence-electron chi connectivity index (χ1n) is 7.48. The summed E-state index contributed by atoms with van der Waals surface area (Å²) < 4.78 is 0. The first-order chi connectivity index (χ1) is 8.04. The van der Waals surface area contributed by atoms with Crippen molar-refractivity contribution in [1.82, 2.24) is 4.90 Å². The zero-order valence-corrected chi connectivity index (χ0v) is 12.3. The maximum absolute atomic E-state index is 5.66. The molecule has 1 aliphatic carbocycles. The lowest BCUT2D eigenvalue weighted by Crippen LogP contribution is -2.43. The Morgan fingerprint density at radius 2 is 1.88 bits per heavy atom. The highest BCUT2D eigenvalue weighted by atomic mass is 15.2. The fourth-order valence-electron chi connectivity index (χ4n) is 3.04. The summed E-state index contributed by atoms with van der Waals surface area (Å²) in [6.07, 6.45) is 5.33. The van der Waals surface area contributed by atoms with Crippen LogP contribution in [0.4, 0.5) is 0 Å². The minimum absolute atomic E-state index is 0.766. The smallest absolute Gasteiger partial charge is 0.00981 e. The molecule has 1 rings (SSSR count). The Morgan fingerprint density at radius 1 is 1.18 bits per heavy atom. The van der Waals surface area contributed by atoms with Crippen LogP contribution in [0.3, 0.4) is 0 Å². The van der Waals surface area contributed by atoms with E-state index in [9.17, 15) is 0 Å². The van der Waals surface area contributed by atoms with Gasteiger partial charge in [-0.25, -0.2) is 0 Å². The van der Waals surface area contributed by atoms with Gasteiger partial charge in [-0.2, -0.15) is 0 Å². The molecule has 102 valence electrons. The van der Waals surface area contributed by atoms with Gasteiger partial charge in [-0.3, -0.25) is 0 Å². The van der Waals surface area contributed by atoms with Gasteiger partial charge in [-0.05, 0) is 56.5 Å². The Labute approximate surface area is 108 Å². The second-order valence-electron chi connectivity index (χ2n) is 6.45. The van der Waals surface area contributed by atoms with Crippen molar-refractivity contribution in [3.8, 4) is 0 Å². The molecule has 0 radical (unpaired) electrons. The Bertz CT molecular complexity index is 203. The summed E-state index contributed by atoms with van der Waals surface area (Å²) in [5.74, 6) is 2.57. The molecule has 1 fully saturated rings. The van der Waals surface area contributed by atoms with Gasteiger partial charge in [-0.1, -0.05) is 27.7 Å². The van der Waals surface area contributed by atoms with Crippen LogP contribution in [0.1, 0.15) is 53.4 Å². The number of rotatable bonds is 6. The van der Waals surface area contributed by atoms with Crippen molar-refractivity contribution in [2.45, 2.75) is 59.4 Å². The maximum atomic E-state index is 5.66. The van der Waals surface area contributed by atoms with Crippen LogP contribution in [0.15, 0.2) is 0 Å². The lowest BCUT2D eigenvalue weighted by molar-refractivity contribution is 0.0976. The van der Waals surface area contributed by atoms with Crippen LogP contribution in [0.2, 0.25) is 0 Å². The Kier molecular flexibility index (Phi) is 6.50. The van der Waals surface area contributed by atoms with E-state index in [2.05, 4.69) is 32.6 Å². The summed E-state index contributed by atoms with van der Waals surface area (Å²) in [5.41, 5.74) is 5.66. The quantitative estimate of drug-likeness (QED) is 0.773. The molecule has 0 spiro atoms. The first-order valence-corrected chi connectivity index (χ1v) is 7.48. The van der Waals surface area contributed by atoms with Crippen LogP contribution in [0.25, 0.3) is 0 Å². The van der Waals surface area contributed by atoms with E-state index in [4.69, 9.17) is 5.73 Å². The zero-order valence-electron chi connectivity index (χ0n) is 12.3. The second kappa shape index (κ2) is 7.38. The SMILES string of the molecule is CC(C)CN(CCCN)C1CCC(C)C(C)C1. The van der Waals surface area contributed by atoms with E-state index in [1.54, 1.807) is 0 Å². The van der Waals surface area contributed by atoms with E-state index in [1.165, 1.54) is 32.4 Å². The van der Waals surface area contributed by atoms with Gasteiger partial charge in [0.15, 0.2) is 0 Å². The molecule has 0 heterocycles. The van der Waals surface area contributed by atoms with Crippen LogP contribution in [0, 0.1) is 17.8 Å². The third-order valence-corrected chi connectivity index (χ3v) is 4.34. The van der Waals surface area contributed by atoms with E-state index in [1.807, 2.05) is 0 Å². The van der Waals surface area contributed by atoms with Gasteiger partial charge in [0, 0.05) is 12.6 Å². The van der Waals surface area contributed by atoms with Gasteiger partial charge in [0.25, 0.3) is 0 Å². The molecular weight excluding hydrogens is 208 g/mol. The summed E-state index contributed by atoms with van der Waals surface area (Å²) in [6, 6.07) is 0.815. The fourth-order valence-corrected chi connectivity index (χ4v) is 3.04. The number of hydrogen-bond donors (Lipinski definition) is 1. The van der Waals surface area contributed by atoms with E-state index in [0.717, 1.165) is 36.8 Å². The fraction of sp³-hybridized carbons (Fsp3) is 1.00. The molecule has 2 N–H and O–H groups in total. The minimum Gasteiger partial charge on any atom is -0.330 e. The molecule has 17 heavy (non-hydrogen) atoms. The standard InChI is InChI=1S/C15H32N2/c1-12(2)11-17(9-5-8-16)15-7-6-13(3)14(4)10-15/h12-15H,5-11,16H2,1-4H3. The monoisotopic (exact) mass is 240 g/mol. The predicted octanol–water partition coefficient (Wildman–Crippen LogP) is 3.12. The average molecular weight is 240 g/mol. The molecule has 3 atom stereocenters. The number of hydrogen-bond acceptors (Lipinski definition) is 2. The van der Waals surface area contributed by atoms with Crippen molar-refractivity contribution in [2.24, 2.45) is 23.5 Å². The van der Waals surface area contributed by atoms with Crippen molar-refractivity contribution < 1.29 is 0 Å². The molecule has 0 aromatic carbocycles. The van der Waals surface area contributed by atoms with Crippen LogP contribution in [-0.2, 0) is 0 Å². The van der Waals surface area contributed by atoms with Crippen molar-refractivity contribution in [2.75, 3.05) is 19.6 Å². The van der Waals surface area contributed by atoms with Crippen molar-refractivity contribution in [1.29, 1.82) is 0 Å². The third kappa shape index (κ3) is 4.97. The van der Waals surface area contributed by atoms with Gasteiger partial charge < -0.3 is 10.6 Å². The van der Waals surface area contributed by atoms with Crippen LogP contribution >= 0.6 is 0 Å². The van der Waals surface area contributed by atoms with E-state index in [0.29, 0.717) is 0 Å². The van der Waals surface area contributed by atoms with Crippen molar-refractivity contribution in [3.63, 3.8) is 0 Å². The van der Waals surface area contributed by atoms with E-state index >= 15 is 0 Å². The van der Waals surface area contributed by atoms with Crippen LogP contribution < -0.4 is 5.73 Å². The number of nitrogens with zero attached hydrogens (tertiary/aromatic N) is 1. The molecule has 0 aromatic heterocycles. The molecule has 2 nitrogen and oxygen atoms in total. The van der Waals surface area contributed by atoms with Crippen LogP contribution in [-0.4, -0.2) is 30.6 Å². The summed E-state index contributed by atoms with van der Waals surface area (Å²) in [5, 5.41) is 0. The van der Waals surface area contributed by atoms with E-state index in [-0.39, 0.29) is 0 Å². The van der Waals surface area contributed by atoms with Crippen molar-refractivity contribution >= 4 is 0 Å². The highest BCUT2D eigenvalue weighted by Gasteiger charge is 2.28. The van der Waals surface area contributed by atoms with Gasteiger partial charge in [0.2, 0.25) is 0 Å². The molecule has 0 bridgehead atoms. The second-order valence-corrected chi connectivity index (χ2v) is 6.45. The van der Waals surface area contributed by atoms with Gasteiger partial charge >= 0.3 is 0 Å². The normalized spacial score (nSPS) is 30.2. The predicted molar refractivity (Wildman–Crippen MR) is 76.0 cm³/mol. The molecule has 2 heteroatoms. The highest BCUT2D eigenvalue weighted by molar-refractivity contribution is 4.82. The summed E-state index contributed by atoms with van der Waals surface area (Å²) in [7, 11) is 0. The number of nitrogens with two attached hydrogens (primary N) is 1. The summed E-state index contributed by atoms with van der Waals surface area (Å²) in [4.78, 5) is 2.71. The molecule has 3 unspecified atom stereocenters. The zero-order chi connectivity index (χ0) is 12.8. The van der Waals surface area contributed by atoms with Crippen LogP contribution in [0.5, 0.6) is 0 Å². The van der Waals surface area contributed by atoms with E-state index < -0.39 is 0 Å². The lowest BCUT2D eigenvalue weighted by Gasteiger charge is -2.40. The summed E-state index contributed by atoms with van der Waals surface area (Å²) >= 11 is 0. The molecule has 0 amide bonds. The van der Waals surface area contributed by atoms with Gasteiger partial charge in [-0.15, -0.1) is 0 Å². The molecule has 1 saturated carbocycles. The van der Waals surface area contributed by atoms with Crippen molar-refractivity contribution in [3.05, 3.63) is 0 Å². The largest absolute Gasteiger partial charge is 0.330 e. The topological polar surface area (TPSA) is 29.3 Å². The Balaban J connectivity index is 2.50. The molecular formula is C15H32N2. The Hall–Kier alpha value is -0.0800. The third-order valence-electron chi connectivity index (χ3n) is 4.34. The van der Waals surface area contributed by atoms with Gasteiger partial charge in [0.1, 0.15) is 0 Å². The highest BCUT2D eigenvalue weighted by Crippen LogP contribution is 2.32. The molecule has 0 saturated heterocycles. The minimum atomic E-state index is 0.766.